The van der Waals surface area contributed by atoms with E-state index in [0.29, 0.717) is 4.47 Å². The molecule has 0 atom stereocenters. The Morgan fingerprint density at radius 2 is 2.00 bits per heavy atom. The van der Waals surface area contributed by atoms with Gasteiger partial charge in [0.25, 0.3) is 0 Å². The third kappa shape index (κ3) is 2.70. The zero-order valence-electron chi connectivity index (χ0n) is 7.18. The van der Waals surface area contributed by atoms with Crippen molar-refractivity contribution in [2.45, 2.75) is 10.1 Å². The molecule has 0 radical (unpaired) electrons. The molecule has 2 rings (SSSR count). The van der Waals surface area contributed by atoms with Crippen LogP contribution >= 0.6 is 34.7 Å². The van der Waals surface area contributed by atoms with Gasteiger partial charge in [0.1, 0.15) is 0 Å². The van der Waals surface area contributed by atoms with E-state index in [4.69, 9.17) is 11.6 Å². The number of rotatable bonds is 3. The summed E-state index contributed by atoms with van der Waals surface area (Å²) in [6.07, 6.45) is 0. The van der Waals surface area contributed by atoms with Crippen molar-refractivity contribution < 1.29 is 0 Å². The minimum Gasteiger partial charge on any atom is -0.130 e. The van der Waals surface area contributed by atoms with E-state index < -0.39 is 0 Å². The van der Waals surface area contributed by atoms with E-state index >= 15 is 0 Å². The van der Waals surface area contributed by atoms with Crippen molar-refractivity contribution >= 4 is 34.7 Å². The van der Waals surface area contributed by atoms with Gasteiger partial charge in [0.2, 0.25) is 4.47 Å². The van der Waals surface area contributed by atoms with Gasteiger partial charge in [0.15, 0.2) is 4.34 Å². The van der Waals surface area contributed by atoms with E-state index in [1.807, 2.05) is 18.2 Å². The predicted octanol–water partition coefficient (Wildman–Crippen LogP) is 3.48. The molecule has 0 spiro atoms. The first-order valence-corrected chi connectivity index (χ1v) is 6.18. The molecule has 0 aliphatic rings. The van der Waals surface area contributed by atoms with Gasteiger partial charge in [-0.3, -0.25) is 0 Å². The van der Waals surface area contributed by atoms with Gasteiger partial charge in [0, 0.05) is 5.75 Å². The summed E-state index contributed by atoms with van der Waals surface area (Å²) in [6.45, 7) is 0. The molecule has 2 nitrogen and oxygen atoms in total. The molecule has 1 heterocycles. The van der Waals surface area contributed by atoms with E-state index in [0.717, 1.165) is 10.1 Å². The van der Waals surface area contributed by atoms with Crippen molar-refractivity contribution in [1.29, 1.82) is 0 Å². The summed E-state index contributed by atoms with van der Waals surface area (Å²) in [6, 6.07) is 10.3. The van der Waals surface area contributed by atoms with Gasteiger partial charge >= 0.3 is 0 Å². The number of hydrogen-bond acceptors (Lipinski definition) is 4. The van der Waals surface area contributed by atoms with E-state index in [1.54, 1.807) is 11.8 Å². The van der Waals surface area contributed by atoms with Crippen molar-refractivity contribution in [3.8, 4) is 0 Å². The van der Waals surface area contributed by atoms with Gasteiger partial charge in [-0.1, -0.05) is 53.4 Å². The Labute approximate surface area is 95.3 Å². The molecule has 14 heavy (non-hydrogen) atoms. The fourth-order valence-electron chi connectivity index (χ4n) is 0.971. The first-order chi connectivity index (χ1) is 6.84. The maximum atomic E-state index is 5.67. The highest BCUT2D eigenvalue weighted by atomic mass is 35.5. The van der Waals surface area contributed by atoms with Gasteiger partial charge < -0.3 is 0 Å². The van der Waals surface area contributed by atoms with Crippen LogP contribution in [0.3, 0.4) is 0 Å². The summed E-state index contributed by atoms with van der Waals surface area (Å²) in [5.74, 6) is 0.909. The highest BCUT2D eigenvalue weighted by Crippen LogP contribution is 2.27. The first-order valence-electron chi connectivity index (χ1n) is 4.00. The van der Waals surface area contributed by atoms with E-state index in [2.05, 4.69) is 22.3 Å². The molecule has 0 bridgehead atoms. The third-order valence-electron chi connectivity index (χ3n) is 1.59. The highest BCUT2D eigenvalue weighted by molar-refractivity contribution is 8.00. The Morgan fingerprint density at radius 3 is 2.64 bits per heavy atom. The van der Waals surface area contributed by atoms with Gasteiger partial charge in [-0.05, 0) is 17.2 Å². The number of benzene rings is 1. The number of hydrogen-bond donors (Lipinski definition) is 0. The van der Waals surface area contributed by atoms with Crippen LogP contribution in [0.1, 0.15) is 5.56 Å². The van der Waals surface area contributed by atoms with Gasteiger partial charge in [-0.15, -0.1) is 10.2 Å². The Kier molecular flexibility index (Phi) is 3.39. The Bertz CT molecular complexity index is 402. The van der Waals surface area contributed by atoms with Crippen molar-refractivity contribution in [3.63, 3.8) is 0 Å². The van der Waals surface area contributed by atoms with Crippen LogP contribution in [-0.4, -0.2) is 10.2 Å². The number of halogens is 1. The maximum Gasteiger partial charge on any atom is 0.208 e. The summed E-state index contributed by atoms with van der Waals surface area (Å²) >= 11 is 8.74. The molecular formula is C9H7ClN2S2. The lowest BCUT2D eigenvalue weighted by atomic mass is 10.2. The average Bonchev–Trinajstić information content (AvgIpc) is 2.63. The van der Waals surface area contributed by atoms with Gasteiger partial charge in [-0.25, -0.2) is 0 Å². The molecule has 0 unspecified atom stereocenters. The molecule has 1 aromatic carbocycles. The second-order valence-electron chi connectivity index (χ2n) is 2.60. The van der Waals surface area contributed by atoms with E-state index in [1.165, 1.54) is 16.9 Å². The van der Waals surface area contributed by atoms with Gasteiger partial charge in [0.05, 0.1) is 0 Å². The molecule has 2 aromatic rings. The predicted molar refractivity (Wildman–Crippen MR) is 60.9 cm³/mol. The fourth-order valence-corrected chi connectivity index (χ4v) is 2.90. The summed E-state index contributed by atoms with van der Waals surface area (Å²) in [7, 11) is 0. The van der Waals surface area contributed by atoms with Gasteiger partial charge in [-0.2, -0.15) is 0 Å². The Balaban J connectivity index is 1.95. The van der Waals surface area contributed by atoms with Crippen molar-refractivity contribution in [2.75, 3.05) is 0 Å². The third-order valence-corrected chi connectivity index (χ3v) is 3.81. The molecule has 0 amide bonds. The zero-order chi connectivity index (χ0) is 9.80. The molecule has 5 heteroatoms. The summed E-state index contributed by atoms with van der Waals surface area (Å²) in [4.78, 5) is 0. The highest BCUT2D eigenvalue weighted by Gasteiger charge is 2.02. The smallest absolute Gasteiger partial charge is 0.130 e. The SMILES string of the molecule is Clc1nnc(SCc2ccccc2)s1. The van der Waals surface area contributed by atoms with Crippen molar-refractivity contribution in [1.82, 2.24) is 10.2 Å². The van der Waals surface area contributed by atoms with Crippen LogP contribution in [0.4, 0.5) is 0 Å². The molecule has 1 aromatic heterocycles. The zero-order valence-corrected chi connectivity index (χ0v) is 9.57. The minimum atomic E-state index is 0.501. The summed E-state index contributed by atoms with van der Waals surface area (Å²) in [5.41, 5.74) is 1.28. The lowest BCUT2D eigenvalue weighted by Crippen LogP contribution is -1.78. The Morgan fingerprint density at radius 1 is 1.21 bits per heavy atom. The largest absolute Gasteiger partial charge is 0.208 e. The minimum absolute atomic E-state index is 0.501. The fraction of sp³-hybridized carbons (Fsp3) is 0.111. The number of thioether (sulfide) groups is 1. The lowest BCUT2D eigenvalue weighted by Gasteiger charge is -1.96. The summed E-state index contributed by atoms with van der Waals surface area (Å²) < 4.78 is 1.42. The standard InChI is InChI=1S/C9H7ClN2S2/c10-8-11-12-9(14-8)13-6-7-4-2-1-3-5-7/h1-5H,6H2. The molecule has 0 saturated heterocycles. The number of nitrogens with zero attached hydrogens (tertiary/aromatic N) is 2. The lowest BCUT2D eigenvalue weighted by molar-refractivity contribution is 1.01. The van der Waals surface area contributed by atoms with Crippen molar-refractivity contribution in [3.05, 3.63) is 40.4 Å². The van der Waals surface area contributed by atoms with Crippen molar-refractivity contribution in [2.24, 2.45) is 0 Å². The van der Waals surface area contributed by atoms with Crippen LogP contribution in [0.15, 0.2) is 34.7 Å². The maximum absolute atomic E-state index is 5.67. The molecule has 0 aliphatic heterocycles. The van der Waals surface area contributed by atoms with E-state index in [9.17, 15) is 0 Å². The van der Waals surface area contributed by atoms with Crippen LogP contribution < -0.4 is 0 Å². The monoisotopic (exact) mass is 242 g/mol. The van der Waals surface area contributed by atoms with Crippen LogP contribution in [0, 0.1) is 0 Å². The molecule has 0 N–H and O–H groups in total. The van der Waals surface area contributed by atoms with Crippen LogP contribution in [0.25, 0.3) is 0 Å². The van der Waals surface area contributed by atoms with E-state index in [-0.39, 0.29) is 0 Å². The quantitative estimate of drug-likeness (QED) is 0.771. The normalized spacial score (nSPS) is 10.4. The average molecular weight is 243 g/mol. The molecule has 0 aliphatic carbocycles. The first kappa shape index (κ1) is 9.96. The molecule has 72 valence electrons. The topological polar surface area (TPSA) is 25.8 Å². The molecular weight excluding hydrogens is 236 g/mol. The van der Waals surface area contributed by atoms with Crippen LogP contribution in [0.5, 0.6) is 0 Å². The van der Waals surface area contributed by atoms with Crippen LogP contribution in [0.2, 0.25) is 4.47 Å². The Hall–Kier alpha value is -0.580. The second-order valence-corrected chi connectivity index (χ2v) is 5.38. The second kappa shape index (κ2) is 4.77. The molecule has 0 saturated carbocycles. The number of aromatic nitrogens is 2. The summed E-state index contributed by atoms with van der Waals surface area (Å²) in [5, 5.41) is 7.67. The molecule has 0 fully saturated rings. The van der Waals surface area contributed by atoms with Crippen LogP contribution in [-0.2, 0) is 5.75 Å².